The fourth-order valence-electron chi connectivity index (χ4n) is 2.11. The Morgan fingerprint density at radius 1 is 1.20 bits per heavy atom. The van der Waals surface area contributed by atoms with Gasteiger partial charge in [0.1, 0.15) is 11.5 Å². The van der Waals surface area contributed by atoms with E-state index >= 15 is 0 Å². The Kier molecular flexibility index (Phi) is 4.53. The number of benzene rings is 1. The lowest BCUT2D eigenvalue weighted by molar-refractivity contribution is -0.117. The van der Waals surface area contributed by atoms with E-state index in [0.29, 0.717) is 16.4 Å². The molecule has 0 unspecified atom stereocenters. The molecule has 1 aromatic carbocycles. The van der Waals surface area contributed by atoms with Gasteiger partial charge in [-0.2, -0.15) is 4.99 Å². The number of carbonyl (C=O) groups is 3. The van der Waals surface area contributed by atoms with Crippen LogP contribution in [0.2, 0.25) is 0 Å². The van der Waals surface area contributed by atoms with Crippen molar-refractivity contribution >= 4 is 40.8 Å². The van der Waals surface area contributed by atoms with E-state index in [1.807, 2.05) is 0 Å². The number of carboxylic acids is 1. The molecule has 0 aliphatic carbocycles. The molecule has 0 atom stereocenters. The smallest absolute Gasteiger partial charge is 0.335 e. The van der Waals surface area contributed by atoms with Crippen molar-refractivity contribution in [2.45, 2.75) is 6.92 Å². The fraction of sp³-hybridized carbons (Fsp3) is 0.0588. The van der Waals surface area contributed by atoms with Gasteiger partial charge < -0.3 is 14.8 Å². The first kappa shape index (κ1) is 16.7. The second-order valence-electron chi connectivity index (χ2n) is 5.10. The molecule has 2 amide bonds. The molecule has 8 heteroatoms. The second-order valence-corrected chi connectivity index (χ2v) is 6.13. The summed E-state index contributed by atoms with van der Waals surface area (Å²) in [7, 11) is 0. The summed E-state index contributed by atoms with van der Waals surface area (Å²) in [6, 6.07) is 9.68. The minimum absolute atomic E-state index is 0.188. The summed E-state index contributed by atoms with van der Waals surface area (Å²) in [6.45, 7) is 1.34. The molecular weight excluding hydrogens is 344 g/mol. The van der Waals surface area contributed by atoms with Gasteiger partial charge in [0, 0.05) is 18.6 Å². The molecular formula is C17H12N2O5S. The first-order chi connectivity index (χ1) is 11.9. The molecule has 0 bridgehead atoms. The minimum Gasteiger partial charge on any atom is -0.478 e. The Bertz CT molecular complexity index is 925. The summed E-state index contributed by atoms with van der Waals surface area (Å²) in [5, 5.41) is 11.6. The maximum atomic E-state index is 11.8. The number of hydrogen-bond acceptors (Lipinski definition) is 5. The first-order valence-corrected chi connectivity index (χ1v) is 7.98. The quantitative estimate of drug-likeness (QED) is 0.819. The lowest BCUT2D eigenvalue weighted by Crippen LogP contribution is -2.23. The monoisotopic (exact) mass is 356 g/mol. The van der Waals surface area contributed by atoms with E-state index in [2.05, 4.69) is 10.3 Å². The molecule has 0 saturated heterocycles. The predicted molar refractivity (Wildman–Crippen MR) is 92.9 cm³/mol. The molecule has 1 aliphatic rings. The van der Waals surface area contributed by atoms with Gasteiger partial charge in [-0.3, -0.25) is 9.59 Å². The Hall–Kier alpha value is -3.13. The lowest BCUT2D eigenvalue weighted by Gasteiger charge is -1.98. The van der Waals surface area contributed by atoms with Gasteiger partial charge in [0.15, 0.2) is 5.17 Å². The Morgan fingerprint density at radius 2 is 1.92 bits per heavy atom. The van der Waals surface area contributed by atoms with E-state index in [0.717, 1.165) is 17.3 Å². The van der Waals surface area contributed by atoms with E-state index in [-0.39, 0.29) is 16.6 Å². The number of amides is 2. The summed E-state index contributed by atoms with van der Waals surface area (Å²) in [5.74, 6) is -0.749. The standard InChI is InChI=1S/C17H12N2O5S/c1-9(20)18-17-19-15(21)14(25-17)8-12-6-7-13(24-12)10-2-4-11(5-3-10)16(22)23/h2-8H,1H3,(H,22,23)(H,18,19,20,21)/b14-8-. The second kappa shape index (κ2) is 6.78. The maximum absolute atomic E-state index is 11.8. The first-order valence-electron chi connectivity index (χ1n) is 7.16. The van der Waals surface area contributed by atoms with Crippen molar-refractivity contribution in [3.63, 3.8) is 0 Å². The highest BCUT2D eigenvalue weighted by Gasteiger charge is 2.23. The van der Waals surface area contributed by atoms with Crippen LogP contribution in [-0.2, 0) is 9.59 Å². The van der Waals surface area contributed by atoms with Gasteiger partial charge in [-0.25, -0.2) is 4.79 Å². The van der Waals surface area contributed by atoms with Crippen LogP contribution in [-0.4, -0.2) is 28.1 Å². The number of carbonyl (C=O) groups excluding carboxylic acids is 2. The average Bonchev–Trinajstić information content (AvgIpc) is 3.14. The number of thioether (sulfide) groups is 1. The van der Waals surface area contributed by atoms with Gasteiger partial charge in [0.25, 0.3) is 5.91 Å². The molecule has 2 aromatic rings. The molecule has 1 aliphatic heterocycles. The van der Waals surface area contributed by atoms with Gasteiger partial charge in [-0.15, -0.1) is 0 Å². The lowest BCUT2D eigenvalue weighted by atomic mass is 10.1. The van der Waals surface area contributed by atoms with Crippen molar-refractivity contribution in [1.82, 2.24) is 5.32 Å². The number of carboxylic acid groups (broad SMARTS) is 1. The van der Waals surface area contributed by atoms with E-state index in [1.54, 1.807) is 30.3 Å². The number of aliphatic imine (C=N–C) groups is 1. The Morgan fingerprint density at radius 3 is 2.56 bits per heavy atom. The fourth-order valence-corrected chi connectivity index (χ4v) is 2.94. The summed E-state index contributed by atoms with van der Waals surface area (Å²) in [4.78, 5) is 37.8. The summed E-state index contributed by atoms with van der Waals surface area (Å²) >= 11 is 1.06. The number of nitrogens with zero attached hydrogens (tertiary/aromatic N) is 1. The van der Waals surface area contributed by atoms with Crippen molar-refractivity contribution in [1.29, 1.82) is 0 Å². The van der Waals surface area contributed by atoms with E-state index < -0.39 is 11.9 Å². The normalized spacial score (nSPS) is 15.3. The molecule has 126 valence electrons. The SMILES string of the molecule is CC(=O)NC1=NC(=O)/C(=C/c2ccc(-c3ccc(C(=O)O)cc3)o2)S1. The third-order valence-electron chi connectivity index (χ3n) is 3.22. The zero-order valence-electron chi connectivity index (χ0n) is 13.0. The third kappa shape index (κ3) is 3.86. The van der Waals surface area contributed by atoms with Crippen LogP contribution in [0.25, 0.3) is 17.4 Å². The molecule has 0 radical (unpaired) electrons. The molecule has 2 N–H and O–H groups in total. The van der Waals surface area contributed by atoms with Gasteiger partial charge in [-0.05, 0) is 36.0 Å². The summed E-state index contributed by atoms with van der Waals surface area (Å²) < 4.78 is 5.67. The van der Waals surface area contributed by atoms with Crippen LogP contribution in [0.3, 0.4) is 0 Å². The molecule has 7 nitrogen and oxygen atoms in total. The molecule has 3 rings (SSSR count). The van der Waals surface area contributed by atoms with Crippen LogP contribution in [0.1, 0.15) is 23.0 Å². The Labute approximate surface area is 146 Å². The van der Waals surface area contributed by atoms with Crippen molar-refractivity contribution in [3.05, 3.63) is 52.6 Å². The molecule has 0 saturated carbocycles. The van der Waals surface area contributed by atoms with Gasteiger partial charge in [0.2, 0.25) is 5.91 Å². The molecule has 25 heavy (non-hydrogen) atoms. The summed E-state index contributed by atoms with van der Waals surface area (Å²) in [5.41, 5.74) is 0.906. The summed E-state index contributed by atoms with van der Waals surface area (Å²) in [6.07, 6.45) is 1.54. The van der Waals surface area contributed by atoms with E-state index in [9.17, 15) is 14.4 Å². The van der Waals surface area contributed by atoms with Crippen molar-refractivity contribution in [3.8, 4) is 11.3 Å². The van der Waals surface area contributed by atoms with Crippen LogP contribution < -0.4 is 5.32 Å². The van der Waals surface area contributed by atoms with E-state index in [1.165, 1.54) is 19.1 Å². The van der Waals surface area contributed by atoms with Gasteiger partial charge >= 0.3 is 5.97 Å². The van der Waals surface area contributed by atoms with Gasteiger partial charge in [-0.1, -0.05) is 12.1 Å². The Balaban J connectivity index is 1.77. The number of hydrogen-bond donors (Lipinski definition) is 2. The minimum atomic E-state index is -0.997. The number of aromatic carboxylic acids is 1. The number of nitrogens with one attached hydrogen (secondary N) is 1. The van der Waals surface area contributed by atoms with Crippen LogP contribution in [0.5, 0.6) is 0 Å². The third-order valence-corrected chi connectivity index (χ3v) is 4.12. The zero-order chi connectivity index (χ0) is 18.0. The average molecular weight is 356 g/mol. The van der Waals surface area contributed by atoms with Gasteiger partial charge in [0.05, 0.1) is 10.5 Å². The number of rotatable bonds is 3. The number of furan rings is 1. The molecule has 1 aromatic heterocycles. The van der Waals surface area contributed by atoms with Crippen LogP contribution in [0, 0.1) is 0 Å². The topological polar surface area (TPSA) is 109 Å². The van der Waals surface area contributed by atoms with Crippen LogP contribution in [0.4, 0.5) is 0 Å². The van der Waals surface area contributed by atoms with Crippen molar-refractivity contribution in [2.75, 3.05) is 0 Å². The highest BCUT2D eigenvalue weighted by Crippen LogP contribution is 2.29. The van der Waals surface area contributed by atoms with Crippen molar-refractivity contribution in [2.24, 2.45) is 4.99 Å². The molecule has 0 spiro atoms. The van der Waals surface area contributed by atoms with Crippen LogP contribution >= 0.6 is 11.8 Å². The number of amidine groups is 1. The highest BCUT2D eigenvalue weighted by atomic mass is 32.2. The van der Waals surface area contributed by atoms with E-state index in [4.69, 9.17) is 9.52 Å². The maximum Gasteiger partial charge on any atom is 0.335 e. The van der Waals surface area contributed by atoms with Crippen LogP contribution in [0.15, 0.2) is 50.7 Å². The zero-order valence-corrected chi connectivity index (χ0v) is 13.8. The highest BCUT2D eigenvalue weighted by molar-refractivity contribution is 8.18. The predicted octanol–water partition coefficient (Wildman–Crippen LogP) is 2.75. The molecule has 0 fully saturated rings. The molecule has 2 heterocycles. The van der Waals surface area contributed by atoms with Crippen molar-refractivity contribution < 1.29 is 23.9 Å². The largest absolute Gasteiger partial charge is 0.478 e.